The van der Waals surface area contributed by atoms with Crippen molar-refractivity contribution < 1.29 is 28.2 Å². The second-order valence-corrected chi connectivity index (χ2v) is 7.53. The summed E-state index contributed by atoms with van der Waals surface area (Å²) in [6.45, 7) is 3.05. The summed E-state index contributed by atoms with van der Waals surface area (Å²) in [5.74, 6) is -0.731. The number of carbonyl (C=O) groups excluding carboxylic acids is 3. The van der Waals surface area contributed by atoms with E-state index in [0.717, 1.165) is 11.8 Å². The standard InChI is InChI=1S/C21H22FNO5S/c1-13(24)15-4-9-19(27-3)16(10-15)11-28-21(26)14(2)29-12-20(25)23-18-7-5-17(22)6-8-18/h4-10,14H,11-12H2,1-3H3,(H,23,25)/t14-/m0/s1. The number of rotatable bonds is 9. The van der Waals surface area contributed by atoms with E-state index in [1.807, 2.05) is 0 Å². The summed E-state index contributed by atoms with van der Waals surface area (Å²) in [7, 11) is 1.49. The highest BCUT2D eigenvalue weighted by atomic mass is 32.2. The van der Waals surface area contributed by atoms with Gasteiger partial charge in [-0.05, 0) is 56.3 Å². The molecule has 0 aliphatic heterocycles. The van der Waals surface area contributed by atoms with E-state index in [9.17, 15) is 18.8 Å². The molecule has 0 radical (unpaired) electrons. The molecule has 29 heavy (non-hydrogen) atoms. The number of thioether (sulfide) groups is 1. The molecule has 0 heterocycles. The van der Waals surface area contributed by atoms with Gasteiger partial charge in [0.25, 0.3) is 0 Å². The molecule has 2 rings (SSSR count). The average molecular weight is 419 g/mol. The third kappa shape index (κ3) is 6.90. The Morgan fingerprint density at radius 3 is 2.45 bits per heavy atom. The third-order valence-electron chi connectivity index (χ3n) is 3.98. The van der Waals surface area contributed by atoms with Crippen molar-refractivity contribution >= 4 is 35.1 Å². The van der Waals surface area contributed by atoms with E-state index in [1.54, 1.807) is 25.1 Å². The maximum atomic E-state index is 12.9. The summed E-state index contributed by atoms with van der Waals surface area (Å²) in [6.07, 6.45) is 0. The van der Waals surface area contributed by atoms with Gasteiger partial charge in [0, 0.05) is 16.8 Å². The van der Waals surface area contributed by atoms with E-state index >= 15 is 0 Å². The number of carbonyl (C=O) groups is 3. The van der Waals surface area contributed by atoms with Crippen LogP contribution in [0.5, 0.6) is 5.75 Å². The lowest BCUT2D eigenvalue weighted by atomic mass is 10.1. The number of ether oxygens (including phenoxy) is 2. The Morgan fingerprint density at radius 1 is 1.14 bits per heavy atom. The summed E-state index contributed by atoms with van der Waals surface area (Å²) in [5.41, 5.74) is 1.56. The van der Waals surface area contributed by atoms with Crippen LogP contribution in [0.3, 0.4) is 0 Å². The number of nitrogens with one attached hydrogen (secondary N) is 1. The molecular weight excluding hydrogens is 397 g/mol. The molecule has 8 heteroatoms. The number of Topliss-reactive ketones (excluding diaryl/α,β-unsaturated/α-hetero) is 1. The molecule has 0 aromatic heterocycles. The van der Waals surface area contributed by atoms with Crippen LogP contribution in [0, 0.1) is 5.82 Å². The molecule has 0 fully saturated rings. The Balaban J connectivity index is 1.84. The minimum absolute atomic E-state index is 0.0385. The molecule has 0 spiro atoms. The van der Waals surface area contributed by atoms with Crippen LogP contribution in [-0.4, -0.2) is 35.8 Å². The van der Waals surface area contributed by atoms with Crippen LogP contribution >= 0.6 is 11.8 Å². The second kappa shape index (κ2) is 10.6. The summed E-state index contributed by atoms with van der Waals surface area (Å²) < 4.78 is 23.4. The van der Waals surface area contributed by atoms with Crippen molar-refractivity contribution in [2.24, 2.45) is 0 Å². The Labute approximate surface area is 172 Å². The normalized spacial score (nSPS) is 11.4. The summed E-state index contributed by atoms with van der Waals surface area (Å²) >= 11 is 1.12. The van der Waals surface area contributed by atoms with Gasteiger partial charge in [0.15, 0.2) is 5.78 Å². The fraction of sp³-hybridized carbons (Fsp3) is 0.286. The Hall–Kier alpha value is -2.87. The molecule has 0 unspecified atom stereocenters. The highest BCUT2D eigenvalue weighted by Gasteiger charge is 2.18. The van der Waals surface area contributed by atoms with Gasteiger partial charge in [0.05, 0.1) is 12.9 Å². The van der Waals surface area contributed by atoms with Crippen LogP contribution < -0.4 is 10.1 Å². The maximum absolute atomic E-state index is 12.9. The molecular formula is C21H22FNO5S. The van der Waals surface area contributed by atoms with Gasteiger partial charge in [0.2, 0.25) is 5.91 Å². The van der Waals surface area contributed by atoms with Crippen LogP contribution in [0.2, 0.25) is 0 Å². The first-order valence-electron chi connectivity index (χ1n) is 8.81. The first kappa shape index (κ1) is 22.4. The molecule has 0 saturated carbocycles. The number of amides is 1. The van der Waals surface area contributed by atoms with E-state index in [-0.39, 0.29) is 29.9 Å². The van der Waals surface area contributed by atoms with E-state index < -0.39 is 11.2 Å². The third-order valence-corrected chi connectivity index (χ3v) is 5.10. The lowest BCUT2D eigenvalue weighted by Crippen LogP contribution is -2.21. The number of methoxy groups -OCH3 is 1. The number of benzene rings is 2. The highest BCUT2D eigenvalue weighted by Crippen LogP contribution is 2.22. The van der Waals surface area contributed by atoms with Gasteiger partial charge >= 0.3 is 5.97 Å². The predicted molar refractivity (Wildman–Crippen MR) is 110 cm³/mol. The molecule has 0 aliphatic carbocycles. The zero-order valence-corrected chi connectivity index (χ0v) is 17.2. The van der Waals surface area contributed by atoms with E-state index in [0.29, 0.717) is 22.6 Å². The van der Waals surface area contributed by atoms with Gasteiger partial charge in [-0.15, -0.1) is 11.8 Å². The largest absolute Gasteiger partial charge is 0.496 e. The molecule has 1 N–H and O–H groups in total. The first-order valence-corrected chi connectivity index (χ1v) is 9.86. The van der Waals surface area contributed by atoms with E-state index in [1.165, 1.54) is 38.3 Å². The lowest BCUT2D eigenvalue weighted by molar-refractivity contribution is -0.143. The van der Waals surface area contributed by atoms with Gasteiger partial charge in [0.1, 0.15) is 23.4 Å². The number of hydrogen-bond acceptors (Lipinski definition) is 6. The van der Waals surface area contributed by atoms with Crippen molar-refractivity contribution in [2.75, 3.05) is 18.2 Å². The minimum Gasteiger partial charge on any atom is -0.496 e. The van der Waals surface area contributed by atoms with Gasteiger partial charge < -0.3 is 14.8 Å². The maximum Gasteiger partial charge on any atom is 0.319 e. The van der Waals surface area contributed by atoms with Crippen LogP contribution in [0.4, 0.5) is 10.1 Å². The van der Waals surface area contributed by atoms with Crippen molar-refractivity contribution in [2.45, 2.75) is 25.7 Å². The van der Waals surface area contributed by atoms with Crippen LogP contribution in [-0.2, 0) is 20.9 Å². The molecule has 1 atom stereocenters. The summed E-state index contributed by atoms with van der Waals surface area (Å²) in [5, 5.41) is 2.05. The summed E-state index contributed by atoms with van der Waals surface area (Å²) in [4.78, 5) is 35.7. The number of ketones is 1. The highest BCUT2D eigenvalue weighted by molar-refractivity contribution is 8.01. The Bertz CT molecular complexity index is 885. The van der Waals surface area contributed by atoms with E-state index in [2.05, 4.69) is 5.32 Å². The zero-order chi connectivity index (χ0) is 21.4. The number of esters is 1. The fourth-order valence-electron chi connectivity index (χ4n) is 2.38. The molecule has 0 saturated heterocycles. The number of anilines is 1. The smallest absolute Gasteiger partial charge is 0.319 e. The lowest BCUT2D eigenvalue weighted by Gasteiger charge is -2.13. The van der Waals surface area contributed by atoms with Crippen LogP contribution in [0.1, 0.15) is 29.8 Å². The van der Waals surface area contributed by atoms with Crippen molar-refractivity contribution in [3.63, 3.8) is 0 Å². The Morgan fingerprint density at radius 2 is 1.83 bits per heavy atom. The van der Waals surface area contributed by atoms with Gasteiger partial charge in [-0.1, -0.05) is 0 Å². The molecule has 0 aliphatic rings. The van der Waals surface area contributed by atoms with E-state index in [4.69, 9.17) is 9.47 Å². The average Bonchev–Trinajstić information content (AvgIpc) is 2.71. The van der Waals surface area contributed by atoms with Crippen LogP contribution in [0.15, 0.2) is 42.5 Å². The second-order valence-electron chi connectivity index (χ2n) is 6.20. The molecule has 0 bridgehead atoms. The first-order chi connectivity index (χ1) is 13.8. The molecule has 1 amide bonds. The Kier molecular flexibility index (Phi) is 8.21. The molecule has 154 valence electrons. The van der Waals surface area contributed by atoms with Crippen molar-refractivity contribution in [3.8, 4) is 5.75 Å². The predicted octanol–water partition coefficient (Wildman–Crippen LogP) is 3.84. The van der Waals surface area contributed by atoms with Gasteiger partial charge in [-0.3, -0.25) is 14.4 Å². The van der Waals surface area contributed by atoms with Crippen molar-refractivity contribution in [1.82, 2.24) is 0 Å². The quantitative estimate of drug-likeness (QED) is 0.491. The minimum atomic E-state index is -0.573. The topological polar surface area (TPSA) is 81.7 Å². The molecule has 2 aromatic carbocycles. The van der Waals surface area contributed by atoms with Gasteiger partial charge in [-0.25, -0.2) is 4.39 Å². The monoisotopic (exact) mass is 419 g/mol. The van der Waals surface area contributed by atoms with Crippen LogP contribution in [0.25, 0.3) is 0 Å². The fourth-order valence-corrected chi connectivity index (χ4v) is 3.05. The SMILES string of the molecule is COc1ccc(C(C)=O)cc1COC(=O)[C@H](C)SCC(=O)Nc1ccc(F)cc1. The van der Waals surface area contributed by atoms with Crippen molar-refractivity contribution in [3.05, 3.63) is 59.4 Å². The van der Waals surface area contributed by atoms with Gasteiger partial charge in [-0.2, -0.15) is 0 Å². The number of halogens is 1. The summed E-state index contributed by atoms with van der Waals surface area (Å²) in [6, 6.07) is 10.3. The zero-order valence-electron chi connectivity index (χ0n) is 16.4. The molecule has 6 nitrogen and oxygen atoms in total. The van der Waals surface area contributed by atoms with Crippen molar-refractivity contribution in [1.29, 1.82) is 0 Å². The number of hydrogen-bond donors (Lipinski definition) is 1. The molecule has 2 aromatic rings.